The van der Waals surface area contributed by atoms with Crippen molar-refractivity contribution >= 4 is 0 Å². The van der Waals surface area contributed by atoms with Gasteiger partial charge in [0.1, 0.15) is 0 Å². The predicted molar refractivity (Wildman–Crippen MR) is 46.2 cm³/mol. The van der Waals surface area contributed by atoms with Crippen molar-refractivity contribution in [3.05, 3.63) is 29.6 Å². The first-order valence-electron chi connectivity index (χ1n) is 3.85. The van der Waals surface area contributed by atoms with Crippen molar-refractivity contribution in [3.63, 3.8) is 0 Å². The second kappa shape index (κ2) is 5.86. The fraction of sp³-hybridized carbons (Fsp3) is 0.444. The molecule has 1 aromatic heterocycles. The number of nitrogens with zero attached hydrogens (tertiary/aromatic N) is 1. The lowest BCUT2D eigenvalue weighted by Gasteiger charge is -1.93. The molecule has 0 aliphatic carbocycles. The van der Waals surface area contributed by atoms with Gasteiger partial charge in [-0.15, -0.1) is 0 Å². The number of aryl methyl sites for hydroxylation is 1. The fourth-order valence-corrected chi connectivity index (χ4v) is 0.685. The minimum Gasteiger partial charge on any atom is -0.390 e. The lowest BCUT2D eigenvalue weighted by molar-refractivity contribution is 0.277. The van der Waals surface area contributed by atoms with Crippen LogP contribution in [-0.2, 0) is 6.61 Å². The van der Waals surface area contributed by atoms with Gasteiger partial charge < -0.3 is 5.11 Å². The first-order valence-corrected chi connectivity index (χ1v) is 3.85. The first kappa shape index (κ1) is 10.1. The van der Waals surface area contributed by atoms with Crippen molar-refractivity contribution < 1.29 is 5.11 Å². The molecule has 0 bridgehead atoms. The lowest BCUT2D eigenvalue weighted by Crippen LogP contribution is -1.87. The van der Waals surface area contributed by atoms with Crippen LogP contribution in [0.1, 0.15) is 25.1 Å². The number of aliphatic hydroxyl groups is 1. The number of hydrogen-bond acceptors (Lipinski definition) is 2. The maximum atomic E-state index is 8.60. The van der Waals surface area contributed by atoms with Crippen LogP contribution in [0.4, 0.5) is 0 Å². The minimum atomic E-state index is 0.0294. The molecule has 0 aromatic carbocycles. The summed E-state index contributed by atoms with van der Waals surface area (Å²) < 4.78 is 0. The second-order valence-corrected chi connectivity index (χ2v) is 1.98. The molecule has 1 N–H and O–H groups in total. The highest BCUT2D eigenvalue weighted by atomic mass is 16.3. The van der Waals surface area contributed by atoms with Crippen molar-refractivity contribution in [2.24, 2.45) is 0 Å². The number of aromatic nitrogens is 1. The highest BCUT2D eigenvalue weighted by Crippen LogP contribution is 1.98. The summed E-state index contributed by atoms with van der Waals surface area (Å²) in [5.41, 5.74) is 1.86. The maximum Gasteiger partial charge on any atom is 0.0853 e. The van der Waals surface area contributed by atoms with E-state index in [0.29, 0.717) is 0 Å². The third-order valence-corrected chi connectivity index (χ3v) is 1.13. The van der Waals surface area contributed by atoms with Gasteiger partial charge in [0.2, 0.25) is 0 Å². The van der Waals surface area contributed by atoms with Gasteiger partial charge in [0.05, 0.1) is 12.3 Å². The summed E-state index contributed by atoms with van der Waals surface area (Å²) in [6.45, 7) is 6.00. The molecule has 2 heteroatoms. The molecule has 0 aliphatic rings. The van der Waals surface area contributed by atoms with E-state index in [2.05, 4.69) is 4.98 Å². The molecular formula is C9H15NO. The number of pyridine rings is 1. The van der Waals surface area contributed by atoms with Crippen molar-refractivity contribution in [2.75, 3.05) is 0 Å². The number of hydrogen-bond donors (Lipinski definition) is 1. The fourth-order valence-electron chi connectivity index (χ4n) is 0.685. The van der Waals surface area contributed by atoms with Gasteiger partial charge in [-0.05, 0) is 24.6 Å². The molecule has 2 nitrogen and oxygen atoms in total. The van der Waals surface area contributed by atoms with Crippen LogP contribution in [0.3, 0.4) is 0 Å². The third-order valence-electron chi connectivity index (χ3n) is 1.13. The molecule has 0 radical (unpaired) electrons. The first-order chi connectivity index (χ1) is 5.33. The molecule has 0 amide bonds. The molecule has 1 heterocycles. The summed E-state index contributed by atoms with van der Waals surface area (Å²) in [6.07, 6.45) is 1.70. The molecule has 62 valence electrons. The Labute approximate surface area is 67.9 Å². The molecule has 0 aliphatic heterocycles. The van der Waals surface area contributed by atoms with Gasteiger partial charge in [-0.2, -0.15) is 0 Å². The summed E-state index contributed by atoms with van der Waals surface area (Å²) in [5, 5.41) is 8.60. The highest BCUT2D eigenvalue weighted by Gasteiger charge is 1.88. The monoisotopic (exact) mass is 153 g/mol. The smallest absolute Gasteiger partial charge is 0.0853 e. The standard InChI is InChI=1S/C7H9NO.C2H6/c1-6-2-3-8-7(4-6)5-9;1-2/h2-4,9H,5H2,1H3;1-2H3. The van der Waals surface area contributed by atoms with Gasteiger partial charge in [0.25, 0.3) is 0 Å². The molecule has 0 fully saturated rings. The third kappa shape index (κ3) is 3.73. The Bertz CT molecular complexity index is 199. The van der Waals surface area contributed by atoms with Crippen LogP contribution >= 0.6 is 0 Å². The van der Waals surface area contributed by atoms with E-state index >= 15 is 0 Å². The van der Waals surface area contributed by atoms with Crippen LogP contribution in [-0.4, -0.2) is 10.1 Å². The molecule has 0 atom stereocenters. The van der Waals surface area contributed by atoms with Crippen LogP contribution in [0.15, 0.2) is 18.3 Å². The zero-order chi connectivity index (χ0) is 8.69. The van der Waals surface area contributed by atoms with Crippen molar-refractivity contribution in [1.82, 2.24) is 4.98 Å². The van der Waals surface area contributed by atoms with Crippen LogP contribution < -0.4 is 0 Å². The average Bonchev–Trinajstić information content (AvgIpc) is 2.08. The maximum absolute atomic E-state index is 8.60. The van der Waals surface area contributed by atoms with Gasteiger partial charge in [0, 0.05) is 6.20 Å². The molecular weight excluding hydrogens is 138 g/mol. The van der Waals surface area contributed by atoms with Crippen molar-refractivity contribution in [2.45, 2.75) is 27.4 Å². The Morgan fingerprint density at radius 1 is 1.45 bits per heavy atom. The van der Waals surface area contributed by atoms with E-state index in [0.717, 1.165) is 11.3 Å². The minimum absolute atomic E-state index is 0.0294. The topological polar surface area (TPSA) is 33.1 Å². The van der Waals surface area contributed by atoms with Crippen LogP contribution in [0, 0.1) is 6.92 Å². The Morgan fingerprint density at radius 2 is 2.09 bits per heavy atom. The molecule has 1 rings (SSSR count). The molecule has 1 aromatic rings. The van der Waals surface area contributed by atoms with Crippen LogP contribution in [0.2, 0.25) is 0 Å². The lowest BCUT2D eigenvalue weighted by atomic mass is 10.2. The summed E-state index contributed by atoms with van der Waals surface area (Å²) in [5.74, 6) is 0. The second-order valence-electron chi connectivity index (χ2n) is 1.98. The van der Waals surface area contributed by atoms with E-state index in [-0.39, 0.29) is 6.61 Å². The van der Waals surface area contributed by atoms with Crippen LogP contribution in [0.25, 0.3) is 0 Å². The normalized spacial score (nSPS) is 8.36. The summed E-state index contributed by atoms with van der Waals surface area (Å²) in [6, 6.07) is 3.76. The van der Waals surface area contributed by atoms with E-state index in [4.69, 9.17) is 5.11 Å². The SMILES string of the molecule is CC.Cc1ccnc(CO)c1. The van der Waals surface area contributed by atoms with E-state index in [1.807, 2.05) is 32.9 Å². The number of aliphatic hydroxyl groups excluding tert-OH is 1. The summed E-state index contributed by atoms with van der Waals surface area (Å²) in [4.78, 5) is 3.91. The molecule has 0 saturated heterocycles. The molecule has 0 saturated carbocycles. The highest BCUT2D eigenvalue weighted by molar-refractivity contribution is 5.13. The molecule has 11 heavy (non-hydrogen) atoms. The molecule has 0 unspecified atom stereocenters. The predicted octanol–water partition coefficient (Wildman–Crippen LogP) is 1.91. The van der Waals surface area contributed by atoms with Crippen LogP contribution in [0.5, 0.6) is 0 Å². The van der Waals surface area contributed by atoms with Gasteiger partial charge in [-0.25, -0.2) is 0 Å². The Balaban J connectivity index is 0.000000461. The van der Waals surface area contributed by atoms with Gasteiger partial charge >= 0.3 is 0 Å². The van der Waals surface area contributed by atoms with Crippen molar-refractivity contribution in [1.29, 1.82) is 0 Å². The quantitative estimate of drug-likeness (QED) is 0.668. The van der Waals surface area contributed by atoms with Gasteiger partial charge in [-0.1, -0.05) is 13.8 Å². The van der Waals surface area contributed by atoms with Gasteiger partial charge in [-0.3, -0.25) is 4.98 Å². The molecule has 0 spiro atoms. The van der Waals surface area contributed by atoms with Gasteiger partial charge in [0.15, 0.2) is 0 Å². The van der Waals surface area contributed by atoms with Crippen molar-refractivity contribution in [3.8, 4) is 0 Å². The van der Waals surface area contributed by atoms with E-state index in [1.165, 1.54) is 0 Å². The van der Waals surface area contributed by atoms with E-state index in [1.54, 1.807) is 6.20 Å². The zero-order valence-electron chi connectivity index (χ0n) is 7.33. The zero-order valence-corrected chi connectivity index (χ0v) is 7.33. The van der Waals surface area contributed by atoms with E-state index in [9.17, 15) is 0 Å². The average molecular weight is 153 g/mol. The summed E-state index contributed by atoms with van der Waals surface area (Å²) in [7, 11) is 0. The Morgan fingerprint density at radius 3 is 2.45 bits per heavy atom. The largest absolute Gasteiger partial charge is 0.390 e. The Hall–Kier alpha value is -0.890. The Kier molecular flexibility index (Phi) is 5.39. The number of rotatable bonds is 1. The van der Waals surface area contributed by atoms with E-state index < -0.39 is 0 Å². The summed E-state index contributed by atoms with van der Waals surface area (Å²) >= 11 is 0.